The van der Waals surface area contributed by atoms with Crippen molar-refractivity contribution in [2.24, 2.45) is 0 Å². The van der Waals surface area contributed by atoms with Crippen molar-refractivity contribution in [3.63, 3.8) is 0 Å². The van der Waals surface area contributed by atoms with E-state index in [2.05, 4.69) is 12.1 Å². The fourth-order valence-electron chi connectivity index (χ4n) is 2.99. The first-order valence-electron chi connectivity index (χ1n) is 9.10. The molecule has 0 atom stereocenters. The summed E-state index contributed by atoms with van der Waals surface area (Å²) >= 11 is 0. The summed E-state index contributed by atoms with van der Waals surface area (Å²) in [6.45, 7) is 1.91. The van der Waals surface area contributed by atoms with E-state index in [1.165, 1.54) is 0 Å². The number of ether oxygens (including phenoxy) is 1. The van der Waals surface area contributed by atoms with Crippen LogP contribution in [0.1, 0.15) is 22.3 Å². The van der Waals surface area contributed by atoms with E-state index in [9.17, 15) is 4.79 Å². The van der Waals surface area contributed by atoms with Gasteiger partial charge in [0, 0.05) is 39.1 Å². The van der Waals surface area contributed by atoms with E-state index in [1.807, 2.05) is 66.5 Å². The average Bonchev–Trinajstić information content (AvgIpc) is 3.12. The molecule has 1 heterocycles. The van der Waals surface area contributed by atoms with Crippen molar-refractivity contribution < 1.29 is 9.53 Å². The molecule has 0 radical (unpaired) electrons. The number of hydrogen-bond acceptors (Lipinski definition) is 3. The zero-order valence-corrected chi connectivity index (χ0v) is 15.8. The Morgan fingerprint density at radius 2 is 1.74 bits per heavy atom. The standard InChI is InChI=1S/C22H25N3O2/c1-24(14-9-15-27-2)22(26)20-17-25(16-18-10-5-3-6-11-18)23-21(20)19-12-7-4-8-13-19/h3-8,10-13,17H,9,14-16H2,1-2H3. The lowest BCUT2D eigenvalue weighted by molar-refractivity contribution is 0.0780. The Bertz CT molecular complexity index is 860. The second-order valence-electron chi connectivity index (χ2n) is 6.51. The Balaban J connectivity index is 1.89. The lowest BCUT2D eigenvalue weighted by Crippen LogP contribution is -2.28. The Hall–Kier alpha value is -2.92. The molecule has 3 aromatic rings. The molecule has 0 saturated heterocycles. The van der Waals surface area contributed by atoms with Crippen molar-refractivity contribution in [2.45, 2.75) is 13.0 Å². The summed E-state index contributed by atoms with van der Waals surface area (Å²) in [5, 5.41) is 4.72. The highest BCUT2D eigenvalue weighted by Crippen LogP contribution is 2.23. The van der Waals surface area contributed by atoms with Crippen molar-refractivity contribution >= 4 is 5.91 Å². The minimum Gasteiger partial charge on any atom is -0.385 e. The van der Waals surface area contributed by atoms with Crippen molar-refractivity contribution in [3.05, 3.63) is 78.0 Å². The molecule has 0 aliphatic carbocycles. The maximum Gasteiger partial charge on any atom is 0.257 e. The molecule has 140 valence electrons. The van der Waals surface area contributed by atoms with Crippen LogP contribution in [0.5, 0.6) is 0 Å². The summed E-state index contributed by atoms with van der Waals surface area (Å²) < 4.78 is 6.93. The van der Waals surface area contributed by atoms with Crippen LogP contribution in [0.4, 0.5) is 0 Å². The lowest BCUT2D eigenvalue weighted by atomic mass is 10.1. The van der Waals surface area contributed by atoms with Crippen LogP contribution in [0, 0.1) is 0 Å². The summed E-state index contributed by atoms with van der Waals surface area (Å²) in [6, 6.07) is 20.0. The lowest BCUT2D eigenvalue weighted by Gasteiger charge is -2.16. The van der Waals surface area contributed by atoms with Gasteiger partial charge in [0.2, 0.25) is 0 Å². The third-order valence-electron chi connectivity index (χ3n) is 4.42. The van der Waals surface area contributed by atoms with Crippen molar-refractivity contribution in [3.8, 4) is 11.3 Å². The summed E-state index contributed by atoms with van der Waals surface area (Å²) in [5.41, 5.74) is 3.43. The summed E-state index contributed by atoms with van der Waals surface area (Å²) in [4.78, 5) is 14.8. The molecule has 3 rings (SSSR count). The van der Waals surface area contributed by atoms with Gasteiger partial charge in [-0.2, -0.15) is 5.10 Å². The first-order valence-corrected chi connectivity index (χ1v) is 9.10. The average molecular weight is 363 g/mol. The van der Waals surface area contributed by atoms with Crippen LogP contribution >= 0.6 is 0 Å². The van der Waals surface area contributed by atoms with Crippen molar-refractivity contribution in [1.29, 1.82) is 0 Å². The second kappa shape index (κ2) is 9.14. The molecular weight excluding hydrogens is 338 g/mol. The summed E-state index contributed by atoms with van der Waals surface area (Å²) in [7, 11) is 3.49. The number of carbonyl (C=O) groups excluding carboxylic acids is 1. The third-order valence-corrected chi connectivity index (χ3v) is 4.42. The van der Waals surface area contributed by atoms with Gasteiger partial charge < -0.3 is 9.64 Å². The fourth-order valence-corrected chi connectivity index (χ4v) is 2.99. The Kier molecular flexibility index (Phi) is 6.39. The van der Waals surface area contributed by atoms with Crippen molar-refractivity contribution in [2.75, 3.05) is 27.3 Å². The SMILES string of the molecule is COCCCN(C)C(=O)c1cn(Cc2ccccc2)nc1-c1ccccc1. The molecule has 0 saturated carbocycles. The number of nitrogens with zero attached hydrogens (tertiary/aromatic N) is 3. The van der Waals surface area contributed by atoms with E-state index in [0.29, 0.717) is 25.3 Å². The Morgan fingerprint density at radius 3 is 2.41 bits per heavy atom. The highest BCUT2D eigenvalue weighted by atomic mass is 16.5. The number of benzene rings is 2. The van der Waals surface area contributed by atoms with E-state index >= 15 is 0 Å². The number of aromatic nitrogens is 2. The largest absolute Gasteiger partial charge is 0.385 e. The quantitative estimate of drug-likeness (QED) is 0.573. The molecule has 0 spiro atoms. The molecule has 1 aromatic heterocycles. The van der Waals surface area contributed by atoms with Gasteiger partial charge in [0.1, 0.15) is 5.69 Å². The number of methoxy groups -OCH3 is 1. The minimum atomic E-state index is -0.0238. The normalized spacial score (nSPS) is 10.7. The van der Waals surface area contributed by atoms with Gasteiger partial charge in [0.15, 0.2) is 0 Å². The van der Waals surface area contributed by atoms with Crippen LogP contribution < -0.4 is 0 Å². The van der Waals surface area contributed by atoms with E-state index < -0.39 is 0 Å². The van der Waals surface area contributed by atoms with Crippen LogP contribution in [0.25, 0.3) is 11.3 Å². The number of hydrogen-bond donors (Lipinski definition) is 0. The monoisotopic (exact) mass is 363 g/mol. The van der Waals surface area contributed by atoms with Gasteiger partial charge in [-0.3, -0.25) is 9.48 Å². The van der Waals surface area contributed by atoms with Crippen LogP contribution in [-0.4, -0.2) is 47.9 Å². The predicted octanol–water partition coefficient (Wildman–Crippen LogP) is 3.71. The van der Waals surface area contributed by atoms with E-state index in [-0.39, 0.29) is 5.91 Å². The van der Waals surface area contributed by atoms with Crippen LogP contribution in [0.2, 0.25) is 0 Å². The highest BCUT2D eigenvalue weighted by molar-refractivity contribution is 5.99. The molecule has 0 unspecified atom stereocenters. The number of amides is 1. The van der Waals surface area contributed by atoms with Gasteiger partial charge in [-0.15, -0.1) is 0 Å². The molecule has 5 nitrogen and oxygen atoms in total. The molecular formula is C22H25N3O2. The molecule has 0 aliphatic heterocycles. The van der Waals surface area contributed by atoms with Gasteiger partial charge >= 0.3 is 0 Å². The Labute approximate surface area is 160 Å². The van der Waals surface area contributed by atoms with E-state index in [0.717, 1.165) is 23.2 Å². The van der Waals surface area contributed by atoms with E-state index in [4.69, 9.17) is 9.84 Å². The molecule has 5 heteroatoms. The maximum absolute atomic E-state index is 13.0. The summed E-state index contributed by atoms with van der Waals surface area (Å²) in [6.07, 6.45) is 2.65. The zero-order chi connectivity index (χ0) is 19.1. The molecule has 2 aromatic carbocycles. The van der Waals surface area contributed by atoms with Crippen LogP contribution in [0.15, 0.2) is 66.9 Å². The molecule has 1 amide bonds. The molecule has 0 fully saturated rings. The molecule has 0 aliphatic rings. The van der Waals surface area contributed by atoms with Crippen molar-refractivity contribution in [1.82, 2.24) is 14.7 Å². The fraction of sp³-hybridized carbons (Fsp3) is 0.273. The number of rotatable bonds is 8. The first-order chi connectivity index (χ1) is 13.2. The van der Waals surface area contributed by atoms with Gasteiger partial charge in [0.05, 0.1) is 12.1 Å². The molecule has 0 N–H and O–H groups in total. The minimum absolute atomic E-state index is 0.0238. The van der Waals surface area contributed by atoms with Gasteiger partial charge in [0.25, 0.3) is 5.91 Å². The van der Waals surface area contributed by atoms with Gasteiger partial charge in [-0.1, -0.05) is 60.7 Å². The molecule has 0 bridgehead atoms. The highest BCUT2D eigenvalue weighted by Gasteiger charge is 2.21. The predicted molar refractivity (Wildman–Crippen MR) is 107 cm³/mol. The Morgan fingerprint density at radius 1 is 1.07 bits per heavy atom. The zero-order valence-electron chi connectivity index (χ0n) is 15.8. The molecule has 27 heavy (non-hydrogen) atoms. The van der Waals surface area contributed by atoms with E-state index in [1.54, 1.807) is 12.0 Å². The topological polar surface area (TPSA) is 47.4 Å². The van der Waals surface area contributed by atoms with Gasteiger partial charge in [-0.25, -0.2) is 0 Å². The van der Waals surface area contributed by atoms with Crippen LogP contribution in [0.3, 0.4) is 0 Å². The third kappa shape index (κ3) is 4.83. The number of carbonyl (C=O) groups is 1. The second-order valence-corrected chi connectivity index (χ2v) is 6.51. The first kappa shape index (κ1) is 18.9. The smallest absolute Gasteiger partial charge is 0.257 e. The maximum atomic E-state index is 13.0. The van der Waals surface area contributed by atoms with Crippen LogP contribution in [-0.2, 0) is 11.3 Å². The van der Waals surface area contributed by atoms with Gasteiger partial charge in [-0.05, 0) is 12.0 Å². The summed E-state index contributed by atoms with van der Waals surface area (Å²) in [5.74, 6) is -0.0238.